The summed E-state index contributed by atoms with van der Waals surface area (Å²) >= 11 is 11.3. The molecule has 0 aliphatic rings. The molecule has 0 unspecified atom stereocenters. The Labute approximate surface area is 79.5 Å². The lowest BCUT2D eigenvalue weighted by atomic mass is 10.2. The number of nitrogens with two attached hydrogens (primary N) is 1. The number of aromatic nitrogens is 1. The molecule has 1 aromatic rings. The largest absolute Gasteiger partial charge is 0.369 e. The SMILES string of the molecule is NC(=O)Cc1ncc(Cl)cc1Cl. The minimum atomic E-state index is -0.466. The summed E-state index contributed by atoms with van der Waals surface area (Å²) in [6.45, 7) is 0. The number of carbonyl (C=O) groups is 1. The summed E-state index contributed by atoms with van der Waals surface area (Å²) in [4.78, 5) is 14.3. The van der Waals surface area contributed by atoms with Crippen LogP contribution in [0.3, 0.4) is 0 Å². The zero-order chi connectivity index (χ0) is 9.14. The van der Waals surface area contributed by atoms with Gasteiger partial charge in [-0.3, -0.25) is 9.78 Å². The summed E-state index contributed by atoms with van der Waals surface area (Å²) in [7, 11) is 0. The molecule has 0 saturated heterocycles. The zero-order valence-corrected chi connectivity index (χ0v) is 7.56. The Morgan fingerprint density at radius 2 is 2.25 bits per heavy atom. The molecule has 0 aliphatic heterocycles. The van der Waals surface area contributed by atoms with Gasteiger partial charge in [0.15, 0.2) is 0 Å². The molecule has 3 nitrogen and oxygen atoms in total. The minimum Gasteiger partial charge on any atom is -0.369 e. The van der Waals surface area contributed by atoms with E-state index in [-0.39, 0.29) is 6.42 Å². The fourth-order valence-corrected chi connectivity index (χ4v) is 1.18. The smallest absolute Gasteiger partial charge is 0.223 e. The van der Waals surface area contributed by atoms with Gasteiger partial charge in [0.1, 0.15) is 0 Å². The molecule has 0 radical (unpaired) electrons. The van der Waals surface area contributed by atoms with Crippen molar-refractivity contribution in [3.05, 3.63) is 28.0 Å². The topological polar surface area (TPSA) is 56.0 Å². The summed E-state index contributed by atoms with van der Waals surface area (Å²) in [6, 6.07) is 1.52. The van der Waals surface area contributed by atoms with Crippen molar-refractivity contribution in [2.45, 2.75) is 6.42 Å². The van der Waals surface area contributed by atoms with Crippen molar-refractivity contribution < 1.29 is 4.79 Å². The summed E-state index contributed by atoms with van der Waals surface area (Å²) in [5.74, 6) is -0.466. The third-order valence-electron chi connectivity index (χ3n) is 1.23. The van der Waals surface area contributed by atoms with Gasteiger partial charge in [-0.05, 0) is 6.07 Å². The van der Waals surface area contributed by atoms with Gasteiger partial charge in [-0.15, -0.1) is 0 Å². The molecular formula is C7H6Cl2N2O. The third-order valence-corrected chi connectivity index (χ3v) is 1.76. The Morgan fingerprint density at radius 1 is 1.58 bits per heavy atom. The van der Waals surface area contributed by atoms with Gasteiger partial charge in [0.2, 0.25) is 5.91 Å². The van der Waals surface area contributed by atoms with Gasteiger partial charge < -0.3 is 5.73 Å². The van der Waals surface area contributed by atoms with Crippen LogP contribution in [-0.4, -0.2) is 10.9 Å². The highest BCUT2D eigenvalue weighted by molar-refractivity contribution is 6.34. The summed E-state index contributed by atoms with van der Waals surface area (Å²) in [5, 5.41) is 0.800. The highest BCUT2D eigenvalue weighted by atomic mass is 35.5. The van der Waals surface area contributed by atoms with Crippen LogP contribution in [0.25, 0.3) is 0 Å². The average Bonchev–Trinajstić information content (AvgIpc) is 1.94. The van der Waals surface area contributed by atoms with E-state index in [1.807, 2.05) is 0 Å². The number of nitrogens with zero attached hydrogens (tertiary/aromatic N) is 1. The number of halogens is 2. The van der Waals surface area contributed by atoms with Crippen LogP contribution in [0, 0.1) is 0 Å². The van der Waals surface area contributed by atoms with Gasteiger partial charge in [-0.25, -0.2) is 0 Å². The van der Waals surface area contributed by atoms with Crippen LogP contribution in [0.4, 0.5) is 0 Å². The molecule has 0 aliphatic carbocycles. The molecule has 64 valence electrons. The van der Waals surface area contributed by atoms with Crippen LogP contribution in [0.2, 0.25) is 10.0 Å². The minimum absolute atomic E-state index is 0.0377. The van der Waals surface area contributed by atoms with E-state index in [1.165, 1.54) is 12.3 Å². The van der Waals surface area contributed by atoms with E-state index in [4.69, 9.17) is 28.9 Å². The number of pyridine rings is 1. The Hall–Kier alpha value is -0.800. The Bertz CT molecular complexity index is 314. The lowest BCUT2D eigenvalue weighted by Crippen LogP contribution is -2.14. The molecule has 0 bridgehead atoms. The van der Waals surface area contributed by atoms with Crippen molar-refractivity contribution >= 4 is 29.1 Å². The first-order valence-electron chi connectivity index (χ1n) is 3.18. The Balaban J connectivity index is 2.93. The second kappa shape index (κ2) is 3.74. The van der Waals surface area contributed by atoms with E-state index >= 15 is 0 Å². The van der Waals surface area contributed by atoms with E-state index in [1.54, 1.807) is 0 Å². The predicted octanol–water partition coefficient (Wildman–Crippen LogP) is 1.42. The molecule has 0 aromatic carbocycles. The van der Waals surface area contributed by atoms with Gasteiger partial charge in [0.05, 0.1) is 22.2 Å². The molecule has 0 fully saturated rings. The van der Waals surface area contributed by atoms with Gasteiger partial charge >= 0.3 is 0 Å². The van der Waals surface area contributed by atoms with E-state index in [9.17, 15) is 4.79 Å². The molecule has 0 spiro atoms. The molecule has 1 rings (SSSR count). The van der Waals surface area contributed by atoms with E-state index in [0.29, 0.717) is 15.7 Å². The number of carbonyl (C=O) groups excluding carboxylic acids is 1. The number of hydrogen-bond acceptors (Lipinski definition) is 2. The monoisotopic (exact) mass is 204 g/mol. The van der Waals surface area contributed by atoms with Crippen LogP contribution >= 0.6 is 23.2 Å². The van der Waals surface area contributed by atoms with E-state index < -0.39 is 5.91 Å². The van der Waals surface area contributed by atoms with E-state index in [2.05, 4.69) is 4.98 Å². The molecule has 1 heterocycles. The molecule has 1 aromatic heterocycles. The third kappa shape index (κ3) is 2.36. The second-order valence-electron chi connectivity index (χ2n) is 2.23. The second-order valence-corrected chi connectivity index (χ2v) is 3.07. The van der Waals surface area contributed by atoms with E-state index in [0.717, 1.165) is 0 Å². The average molecular weight is 205 g/mol. The molecule has 0 saturated carbocycles. The lowest BCUT2D eigenvalue weighted by Gasteiger charge is -1.99. The van der Waals surface area contributed by atoms with Crippen molar-refractivity contribution in [1.29, 1.82) is 0 Å². The zero-order valence-electron chi connectivity index (χ0n) is 6.05. The summed E-state index contributed by atoms with van der Waals surface area (Å²) < 4.78 is 0. The lowest BCUT2D eigenvalue weighted by molar-refractivity contribution is -0.117. The molecule has 12 heavy (non-hydrogen) atoms. The van der Waals surface area contributed by atoms with Crippen molar-refractivity contribution in [1.82, 2.24) is 4.98 Å². The van der Waals surface area contributed by atoms with Crippen LogP contribution in [0.5, 0.6) is 0 Å². The van der Waals surface area contributed by atoms with Crippen LogP contribution < -0.4 is 5.73 Å². The standard InChI is InChI=1S/C7H6Cl2N2O/c8-4-1-5(9)6(11-3-4)2-7(10)12/h1,3H,2H2,(H2,10,12). The van der Waals surface area contributed by atoms with Crippen molar-refractivity contribution in [2.24, 2.45) is 5.73 Å². The molecule has 1 amide bonds. The van der Waals surface area contributed by atoms with Crippen LogP contribution in [0.15, 0.2) is 12.3 Å². The highest BCUT2D eigenvalue weighted by Crippen LogP contribution is 2.18. The maximum atomic E-state index is 10.5. The van der Waals surface area contributed by atoms with Crippen LogP contribution in [-0.2, 0) is 11.2 Å². The quantitative estimate of drug-likeness (QED) is 0.793. The van der Waals surface area contributed by atoms with Gasteiger partial charge in [-0.1, -0.05) is 23.2 Å². The van der Waals surface area contributed by atoms with Crippen molar-refractivity contribution in [3.8, 4) is 0 Å². The summed E-state index contributed by atoms with van der Waals surface area (Å²) in [5.41, 5.74) is 5.41. The van der Waals surface area contributed by atoms with Gasteiger partial charge in [-0.2, -0.15) is 0 Å². The molecule has 5 heteroatoms. The Morgan fingerprint density at radius 3 is 2.75 bits per heavy atom. The first kappa shape index (κ1) is 9.29. The fourth-order valence-electron chi connectivity index (χ4n) is 0.738. The number of primary amides is 1. The Kier molecular flexibility index (Phi) is 2.89. The summed E-state index contributed by atoms with van der Waals surface area (Å²) in [6.07, 6.45) is 1.46. The fraction of sp³-hybridized carbons (Fsp3) is 0.143. The number of amides is 1. The normalized spacial score (nSPS) is 9.83. The number of hydrogen-bond donors (Lipinski definition) is 1. The van der Waals surface area contributed by atoms with Crippen molar-refractivity contribution in [3.63, 3.8) is 0 Å². The predicted molar refractivity (Wildman–Crippen MR) is 47.2 cm³/mol. The first-order chi connectivity index (χ1) is 5.59. The molecule has 0 atom stereocenters. The maximum absolute atomic E-state index is 10.5. The molecule has 2 N–H and O–H groups in total. The van der Waals surface area contributed by atoms with Gasteiger partial charge in [0, 0.05) is 6.20 Å². The first-order valence-corrected chi connectivity index (χ1v) is 3.93. The van der Waals surface area contributed by atoms with Crippen LogP contribution in [0.1, 0.15) is 5.69 Å². The molecular weight excluding hydrogens is 199 g/mol. The van der Waals surface area contributed by atoms with Gasteiger partial charge in [0.25, 0.3) is 0 Å². The van der Waals surface area contributed by atoms with Crippen molar-refractivity contribution in [2.75, 3.05) is 0 Å². The number of rotatable bonds is 2. The maximum Gasteiger partial charge on any atom is 0.223 e. The highest BCUT2D eigenvalue weighted by Gasteiger charge is 2.05.